The topological polar surface area (TPSA) is 40.5 Å². The number of phenolic OH excluding ortho intramolecular Hbond substituents is 2. The van der Waals surface area contributed by atoms with Gasteiger partial charge in [0.1, 0.15) is 11.5 Å². The molecule has 5 heteroatoms. The van der Waals surface area contributed by atoms with Crippen molar-refractivity contribution < 1.29 is 23.4 Å². The Hall–Kier alpha value is -2.43. The van der Waals surface area contributed by atoms with Crippen LogP contribution in [0.4, 0.5) is 13.2 Å². The van der Waals surface area contributed by atoms with Crippen molar-refractivity contribution >= 4 is 11.1 Å². The summed E-state index contributed by atoms with van der Waals surface area (Å²) < 4.78 is 39.1. The van der Waals surface area contributed by atoms with E-state index in [2.05, 4.69) is 0 Å². The predicted molar refractivity (Wildman–Crippen MR) is 84.0 cm³/mol. The molecule has 23 heavy (non-hydrogen) atoms. The van der Waals surface area contributed by atoms with Gasteiger partial charge in [-0.25, -0.2) is 0 Å². The molecule has 2 aromatic carbocycles. The van der Waals surface area contributed by atoms with Gasteiger partial charge in [0.05, 0.1) is 6.42 Å². The van der Waals surface area contributed by atoms with Crippen LogP contribution in [-0.4, -0.2) is 16.4 Å². The Morgan fingerprint density at radius 1 is 0.783 bits per heavy atom. The van der Waals surface area contributed by atoms with Crippen LogP contribution < -0.4 is 0 Å². The van der Waals surface area contributed by atoms with Crippen LogP contribution in [0.2, 0.25) is 0 Å². The van der Waals surface area contributed by atoms with E-state index in [9.17, 15) is 23.4 Å². The fourth-order valence-electron chi connectivity index (χ4n) is 2.50. The third kappa shape index (κ3) is 4.52. The molecule has 0 amide bonds. The SMILES string of the molecule is CC/C(=C(/CC(F)(F)F)c1ccc(O)cc1)c1ccc(O)cc1. The number of alkyl halides is 3. The molecule has 0 spiro atoms. The summed E-state index contributed by atoms with van der Waals surface area (Å²) in [7, 11) is 0. The Bertz CT molecular complexity index is 684. The van der Waals surface area contributed by atoms with Gasteiger partial charge in [-0.2, -0.15) is 13.2 Å². The van der Waals surface area contributed by atoms with Crippen molar-refractivity contribution in [2.24, 2.45) is 0 Å². The second kappa shape index (κ2) is 6.77. The molecule has 122 valence electrons. The number of halogens is 3. The lowest BCUT2D eigenvalue weighted by Gasteiger charge is -2.17. The van der Waals surface area contributed by atoms with Crippen LogP contribution in [0.1, 0.15) is 30.9 Å². The zero-order valence-corrected chi connectivity index (χ0v) is 12.6. The predicted octanol–water partition coefficient (Wildman–Crippen LogP) is 5.37. The second-order valence-corrected chi connectivity index (χ2v) is 5.20. The van der Waals surface area contributed by atoms with Crippen LogP contribution in [0.15, 0.2) is 48.5 Å². The molecule has 2 N–H and O–H groups in total. The lowest BCUT2D eigenvalue weighted by atomic mass is 9.90. The first-order valence-electron chi connectivity index (χ1n) is 7.17. The van der Waals surface area contributed by atoms with Crippen LogP contribution >= 0.6 is 0 Å². The Balaban J connectivity index is 2.60. The summed E-state index contributed by atoms with van der Waals surface area (Å²) in [6.07, 6.45) is -4.98. The van der Waals surface area contributed by atoms with E-state index in [0.717, 1.165) is 0 Å². The minimum Gasteiger partial charge on any atom is -0.508 e. The van der Waals surface area contributed by atoms with Gasteiger partial charge in [-0.05, 0) is 53.0 Å². The minimum absolute atomic E-state index is 0.00258. The van der Waals surface area contributed by atoms with Gasteiger partial charge in [0, 0.05) is 0 Å². The van der Waals surface area contributed by atoms with Crippen molar-refractivity contribution in [1.82, 2.24) is 0 Å². The molecule has 2 nitrogen and oxygen atoms in total. The molecular formula is C18H17F3O2. The summed E-state index contributed by atoms with van der Waals surface area (Å²) in [6.45, 7) is 1.79. The largest absolute Gasteiger partial charge is 0.508 e. The molecule has 0 unspecified atom stereocenters. The van der Waals surface area contributed by atoms with Gasteiger partial charge < -0.3 is 10.2 Å². The van der Waals surface area contributed by atoms with E-state index in [1.165, 1.54) is 36.4 Å². The van der Waals surface area contributed by atoms with Crippen molar-refractivity contribution in [3.8, 4) is 11.5 Å². The lowest BCUT2D eigenvalue weighted by molar-refractivity contribution is -0.122. The van der Waals surface area contributed by atoms with Gasteiger partial charge in [0.25, 0.3) is 0 Å². The summed E-state index contributed by atoms with van der Waals surface area (Å²) in [5.74, 6) is 0.0639. The molecule has 2 rings (SSSR count). The van der Waals surface area contributed by atoms with E-state index in [1.807, 2.05) is 0 Å². The Morgan fingerprint density at radius 2 is 1.17 bits per heavy atom. The first-order chi connectivity index (χ1) is 10.8. The summed E-state index contributed by atoms with van der Waals surface area (Å²) in [5, 5.41) is 18.7. The molecule has 0 saturated heterocycles. The number of hydrogen-bond acceptors (Lipinski definition) is 2. The average molecular weight is 322 g/mol. The van der Waals surface area contributed by atoms with Crippen molar-refractivity contribution in [2.45, 2.75) is 25.9 Å². The number of allylic oxidation sites excluding steroid dienone is 2. The maximum Gasteiger partial charge on any atom is 0.393 e. The van der Waals surface area contributed by atoms with Crippen LogP contribution in [0, 0.1) is 0 Å². The van der Waals surface area contributed by atoms with E-state index in [1.54, 1.807) is 19.1 Å². The Morgan fingerprint density at radius 3 is 1.52 bits per heavy atom. The van der Waals surface area contributed by atoms with E-state index in [4.69, 9.17) is 0 Å². The smallest absolute Gasteiger partial charge is 0.393 e. The van der Waals surface area contributed by atoms with Gasteiger partial charge in [-0.1, -0.05) is 31.2 Å². The van der Waals surface area contributed by atoms with E-state index in [-0.39, 0.29) is 17.1 Å². The van der Waals surface area contributed by atoms with Crippen LogP contribution in [0.25, 0.3) is 11.1 Å². The first kappa shape index (κ1) is 16.9. The van der Waals surface area contributed by atoms with Crippen molar-refractivity contribution in [3.05, 3.63) is 59.7 Å². The van der Waals surface area contributed by atoms with E-state index >= 15 is 0 Å². The molecule has 0 radical (unpaired) electrons. The molecule has 0 saturated carbocycles. The summed E-state index contributed by atoms with van der Waals surface area (Å²) in [4.78, 5) is 0. The summed E-state index contributed by atoms with van der Waals surface area (Å²) in [6, 6.07) is 11.8. The highest BCUT2D eigenvalue weighted by atomic mass is 19.4. The highest BCUT2D eigenvalue weighted by molar-refractivity contribution is 5.91. The Labute approximate surface area is 132 Å². The second-order valence-electron chi connectivity index (χ2n) is 5.20. The molecule has 0 aliphatic carbocycles. The van der Waals surface area contributed by atoms with Crippen LogP contribution in [0.3, 0.4) is 0 Å². The molecule has 0 aromatic heterocycles. The monoisotopic (exact) mass is 322 g/mol. The van der Waals surface area contributed by atoms with Gasteiger partial charge >= 0.3 is 6.18 Å². The first-order valence-corrected chi connectivity index (χ1v) is 7.17. The fraction of sp³-hybridized carbons (Fsp3) is 0.222. The van der Waals surface area contributed by atoms with Crippen molar-refractivity contribution in [2.75, 3.05) is 0 Å². The number of phenols is 2. The number of rotatable bonds is 4. The molecule has 0 fully saturated rings. The standard InChI is InChI=1S/C18H17F3O2/c1-2-16(12-3-7-14(22)8-4-12)17(11-18(19,20)21)13-5-9-15(23)10-6-13/h3-10,22-23H,2,11H2,1H3/b17-16+. The minimum atomic E-state index is -4.34. The lowest BCUT2D eigenvalue weighted by Crippen LogP contribution is -2.09. The Kier molecular flexibility index (Phi) is 4.98. The highest BCUT2D eigenvalue weighted by Gasteiger charge is 2.30. The van der Waals surface area contributed by atoms with Gasteiger partial charge in [0.2, 0.25) is 0 Å². The number of aromatic hydroxyl groups is 2. The quantitative estimate of drug-likeness (QED) is 0.743. The highest BCUT2D eigenvalue weighted by Crippen LogP contribution is 2.38. The molecule has 0 aliphatic rings. The third-order valence-electron chi connectivity index (χ3n) is 3.53. The van der Waals surface area contributed by atoms with Crippen LogP contribution in [-0.2, 0) is 0 Å². The normalized spacial score (nSPS) is 12.9. The van der Waals surface area contributed by atoms with Gasteiger partial charge in [-0.15, -0.1) is 0 Å². The summed E-state index contributed by atoms with van der Waals surface area (Å²) in [5.41, 5.74) is 1.79. The van der Waals surface area contributed by atoms with Gasteiger partial charge in [-0.3, -0.25) is 0 Å². The number of benzene rings is 2. The molecule has 0 atom stereocenters. The zero-order chi connectivity index (χ0) is 17.0. The maximum absolute atomic E-state index is 13.0. The zero-order valence-electron chi connectivity index (χ0n) is 12.6. The van der Waals surface area contributed by atoms with Crippen molar-refractivity contribution in [1.29, 1.82) is 0 Å². The average Bonchev–Trinajstić information content (AvgIpc) is 2.48. The molecule has 0 aliphatic heterocycles. The number of hydrogen-bond donors (Lipinski definition) is 2. The van der Waals surface area contributed by atoms with Crippen molar-refractivity contribution in [3.63, 3.8) is 0 Å². The van der Waals surface area contributed by atoms with E-state index < -0.39 is 12.6 Å². The maximum atomic E-state index is 13.0. The summed E-state index contributed by atoms with van der Waals surface area (Å²) >= 11 is 0. The molecule has 0 bridgehead atoms. The van der Waals surface area contributed by atoms with Gasteiger partial charge in [0.15, 0.2) is 0 Å². The molecule has 2 aromatic rings. The third-order valence-corrected chi connectivity index (χ3v) is 3.53. The molecule has 0 heterocycles. The fourth-order valence-corrected chi connectivity index (χ4v) is 2.50. The van der Waals surface area contributed by atoms with Crippen LogP contribution in [0.5, 0.6) is 11.5 Å². The van der Waals surface area contributed by atoms with E-state index in [0.29, 0.717) is 23.1 Å². The molecular weight excluding hydrogens is 305 g/mol.